The van der Waals surface area contributed by atoms with E-state index in [0.717, 1.165) is 5.56 Å². The van der Waals surface area contributed by atoms with Gasteiger partial charge in [-0.15, -0.1) is 11.6 Å². The number of rotatable bonds is 3. The molecule has 0 aliphatic heterocycles. The van der Waals surface area contributed by atoms with Crippen LogP contribution in [0.1, 0.15) is 25.3 Å². The standard InChI is InChI=1S/C11H13Cl3/c1-7(2)9(6-12)8-3-4-10(13)11(14)5-8/h3-5,7,9H,6H2,1-2H3. The fraction of sp³-hybridized carbons (Fsp3) is 0.455. The lowest BCUT2D eigenvalue weighted by Gasteiger charge is -2.18. The first-order chi connectivity index (χ1) is 6.56. The van der Waals surface area contributed by atoms with Crippen LogP contribution in [0.15, 0.2) is 18.2 Å². The van der Waals surface area contributed by atoms with Crippen LogP contribution in [0.25, 0.3) is 0 Å². The summed E-state index contributed by atoms with van der Waals surface area (Å²) < 4.78 is 0. The first-order valence-electron chi connectivity index (χ1n) is 4.57. The molecule has 1 atom stereocenters. The molecule has 0 N–H and O–H groups in total. The van der Waals surface area contributed by atoms with Crippen molar-refractivity contribution in [3.63, 3.8) is 0 Å². The quantitative estimate of drug-likeness (QED) is 0.665. The molecule has 1 aromatic carbocycles. The van der Waals surface area contributed by atoms with Crippen molar-refractivity contribution in [1.82, 2.24) is 0 Å². The molecular weight excluding hydrogens is 238 g/mol. The van der Waals surface area contributed by atoms with Crippen molar-refractivity contribution in [2.75, 3.05) is 5.88 Å². The Morgan fingerprint density at radius 1 is 1.14 bits per heavy atom. The van der Waals surface area contributed by atoms with Gasteiger partial charge in [-0.1, -0.05) is 43.1 Å². The first-order valence-corrected chi connectivity index (χ1v) is 5.86. The molecule has 1 unspecified atom stereocenters. The molecule has 0 fully saturated rings. The van der Waals surface area contributed by atoms with Crippen molar-refractivity contribution < 1.29 is 0 Å². The molecule has 0 bridgehead atoms. The van der Waals surface area contributed by atoms with Gasteiger partial charge in [0.25, 0.3) is 0 Å². The Balaban J connectivity index is 3.00. The van der Waals surface area contributed by atoms with E-state index in [0.29, 0.717) is 27.8 Å². The van der Waals surface area contributed by atoms with Gasteiger partial charge in [-0.2, -0.15) is 0 Å². The number of hydrogen-bond acceptors (Lipinski definition) is 0. The van der Waals surface area contributed by atoms with Gasteiger partial charge in [0.15, 0.2) is 0 Å². The summed E-state index contributed by atoms with van der Waals surface area (Å²) in [4.78, 5) is 0. The lowest BCUT2D eigenvalue weighted by atomic mass is 9.90. The van der Waals surface area contributed by atoms with Crippen molar-refractivity contribution in [2.24, 2.45) is 5.92 Å². The Morgan fingerprint density at radius 3 is 2.21 bits per heavy atom. The van der Waals surface area contributed by atoms with Gasteiger partial charge in [0, 0.05) is 5.88 Å². The van der Waals surface area contributed by atoms with E-state index >= 15 is 0 Å². The van der Waals surface area contributed by atoms with Crippen molar-refractivity contribution in [2.45, 2.75) is 19.8 Å². The predicted octanol–water partition coefficient (Wildman–Crippen LogP) is 4.97. The largest absolute Gasteiger partial charge is 0.126 e. The highest BCUT2D eigenvalue weighted by Gasteiger charge is 2.15. The first kappa shape index (κ1) is 12.2. The summed E-state index contributed by atoms with van der Waals surface area (Å²) in [6.45, 7) is 4.30. The highest BCUT2D eigenvalue weighted by Crippen LogP contribution is 2.30. The molecule has 0 aliphatic rings. The summed E-state index contributed by atoms with van der Waals surface area (Å²) in [5, 5.41) is 1.19. The van der Waals surface area contributed by atoms with E-state index in [-0.39, 0.29) is 0 Å². The van der Waals surface area contributed by atoms with E-state index in [9.17, 15) is 0 Å². The van der Waals surface area contributed by atoms with Crippen molar-refractivity contribution in [3.8, 4) is 0 Å². The van der Waals surface area contributed by atoms with Crippen LogP contribution in [-0.2, 0) is 0 Å². The van der Waals surface area contributed by atoms with E-state index in [1.165, 1.54) is 0 Å². The number of alkyl halides is 1. The van der Waals surface area contributed by atoms with E-state index in [1.54, 1.807) is 0 Å². The molecule has 1 aromatic rings. The van der Waals surface area contributed by atoms with E-state index in [4.69, 9.17) is 34.8 Å². The molecule has 0 saturated carbocycles. The van der Waals surface area contributed by atoms with Crippen LogP contribution in [0, 0.1) is 5.92 Å². The Labute approximate surface area is 100 Å². The second kappa shape index (κ2) is 5.25. The predicted molar refractivity (Wildman–Crippen MR) is 64.8 cm³/mol. The molecule has 0 aromatic heterocycles. The van der Waals surface area contributed by atoms with Gasteiger partial charge >= 0.3 is 0 Å². The van der Waals surface area contributed by atoms with E-state index in [2.05, 4.69) is 13.8 Å². The van der Waals surface area contributed by atoms with Gasteiger partial charge in [-0.3, -0.25) is 0 Å². The maximum absolute atomic E-state index is 5.94. The fourth-order valence-electron chi connectivity index (χ4n) is 1.40. The van der Waals surface area contributed by atoms with Crippen LogP contribution in [0.2, 0.25) is 10.0 Å². The summed E-state index contributed by atoms with van der Waals surface area (Å²) in [5.74, 6) is 1.45. The van der Waals surface area contributed by atoms with Gasteiger partial charge in [0.1, 0.15) is 0 Å². The molecule has 1 rings (SSSR count). The van der Waals surface area contributed by atoms with Gasteiger partial charge in [0.05, 0.1) is 10.0 Å². The Kier molecular flexibility index (Phi) is 4.56. The average Bonchev–Trinajstić information content (AvgIpc) is 2.11. The smallest absolute Gasteiger partial charge is 0.0595 e. The van der Waals surface area contributed by atoms with E-state index < -0.39 is 0 Å². The minimum Gasteiger partial charge on any atom is -0.126 e. The zero-order chi connectivity index (χ0) is 10.7. The molecule has 0 radical (unpaired) electrons. The van der Waals surface area contributed by atoms with Crippen LogP contribution in [0.3, 0.4) is 0 Å². The molecule has 0 saturated heterocycles. The molecule has 0 amide bonds. The van der Waals surface area contributed by atoms with Crippen LogP contribution in [0.5, 0.6) is 0 Å². The van der Waals surface area contributed by atoms with Crippen LogP contribution < -0.4 is 0 Å². The SMILES string of the molecule is CC(C)C(CCl)c1ccc(Cl)c(Cl)c1. The Morgan fingerprint density at radius 2 is 1.79 bits per heavy atom. The third kappa shape index (κ3) is 2.79. The molecule has 0 spiro atoms. The zero-order valence-corrected chi connectivity index (χ0v) is 10.5. The second-order valence-corrected chi connectivity index (χ2v) is 4.80. The maximum Gasteiger partial charge on any atom is 0.0595 e. The summed E-state index contributed by atoms with van der Waals surface area (Å²) in [6, 6.07) is 5.71. The van der Waals surface area contributed by atoms with Gasteiger partial charge < -0.3 is 0 Å². The summed E-state index contributed by atoms with van der Waals surface area (Å²) >= 11 is 17.7. The minimum atomic E-state index is 0.339. The summed E-state index contributed by atoms with van der Waals surface area (Å²) in [6.07, 6.45) is 0. The maximum atomic E-state index is 5.94. The van der Waals surface area contributed by atoms with E-state index in [1.807, 2.05) is 18.2 Å². The molecule has 0 heterocycles. The van der Waals surface area contributed by atoms with Gasteiger partial charge in [0.2, 0.25) is 0 Å². The lowest BCUT2D eigenvalue weighted by Crippen LogP contribution is -2.08. The van der Waals surface area contributed by atoms with Crippen molar-refractivity contribution in [3.05, 3.63) is 33.8 Å². The van der Waals surface area contributed by atoms with Crippen LogP contribution in [0.4, 0.5) is 0 Å². The normalized spacial score (nSPS) is 13.3. The molecule has 78 valence electrons. The Bertz CT molecular complexity index is 307. The second-order valence-electron chi connectivity index (χ2n) is 3.68. The van der Waals surface area contributed by atoms with Crippen LogP contribution in [-0.4, -0.2) is 5.88 Å². The highest BCUT2D eigenvalue weighted by atomic mass is 35.5. The molecular formula is C11H13Cl3. The number of halogens is 3. The highest BCUT2D eigenvalue weighted by molar-refractivity contribution is 6.42. The zero-order valence-electron chi connectivity index (χ0n) is 8.23. The molecule has 14 heavy (non-hydrogen) atoms. The molecule has 0 nitrogen and oxygen atoms in total. The third-order valence-corrected chi connectivity index (χ3v) is 3.41. The Hall–Kier alpha value is 0.0900. The van der Waals surface area contributed by atoms with Crippen molar-refractivity contribution in [1.29, 1.82) is 0 Å². The topological polar surface area (TPSA) is 0 Å². The fourth-order valence-corrected chi connectivity index (χ4v) is 2.24. The number of hydrogen-bond donors (Lipinski definition) is 0. The van der Waals surface area contributed by atoms with Gasteiger partial charge in [-0.25, -0.2) is 0 Å². The lowest BCUT2D eigenvalue weighted by molar-refractivity contribution is 0.540. The van der Waals surface area contributed by atoms with Crippen LogP contribution >= 0.6 is 34.8 Å². The van der Waals surface area contributed by atoms with Gasteiger partial charge in [-0.05, 0) is 29.5 Å². The minimum absolute atomic E-state index is 0.339. The monoisotopic (exact) mass is 250 g/mol. The number of benzene rings is 1. The van der Waals surface area contributed by atoms with Crippen molar-refractivity contribution >= 4 is 34.8 Å². The third-order valence-electron chi connectivity index (χ3n) is 2.34. The average molecular weight is 252 g/mol. The summed E-state index contributed by atoms with van der Waals surface area (Å²) in [5.41, 5.74) is 1.16. The molecule has 3 heteroatoms. The molecule has 0 aliphatic carbocycles. The summed E-state index contributed by atoms with van der Waals surface area (Å²) in [7, 11) is 0.